The number of amides is 1. The van der Waals surface area contributed by atoms with E-state index in [0.717, 1.165) is 39.2 Å². The maximum atomic E-state index is 12.6. The third kappa shape index (κ3) is 3.74. The summed E-state index contributed by atoms with van der Waals surface area (Å²) < 4.78 is 5.84. The summed E-state index contributed by atoms with van der Waals surface area (Å²) in [5.41, 5.74) is 4.79. The number of H-pyrrole nitrogens is 1. The lowest BCUT2D eigenvalue weighted by molar-refractivity contribution is -0.115. The highest BCUT2D eigenvalue weighted by molar-refractivity contribution is 5.96. The third-order valence-corrected chi connectivity index (χ3v) is 4.69. The molecule has 0 atom stereocenters. The van der Waals surface area contributed by atoms with Gasteiger partial charge in [-0.25, -0.2) is 0 Å². The summed E-state index contributed by atoms with van der Waals surface area (Å²) in [7, 11) is 0. The van der Waals surface area contributed by atoms with Gasteiger partial charge in [0.2, 0.25) is 5.91 Å². The molecule has 2 N–H and O–H groups in total. The summed E-state index contributed by atoms with van der Waals surface area (Å²) in [6.07, 6.45) is 3.69. The van der Waals surface area contributed by atoms with E-state index in [-0.39, 0.29) is 5.91 Å². The molecule has 0 aliphatic carbocycles. The highest BCUT2D eigenvalue weighted by Gasteiger charge is 2.13. The number of ether oxygens (including phenoxy) is 1. The Morgan fingerprint density at radius 2 is 1.96 bits per heavy atom. The molecule has 2 aromatic carbocycles. The van der Waals surface area contributed by atoms with E-state index in [1.165, 1.54) is 0 Å². The first kappa shape index (κ1) is 17.8. The van der Waals surface area contributed by atoms with Crippen LogP contribution in [0.4, 0.5) is 5.69 Å². The van der Waals surface area contributed by atoms with Crippen LogP contribution in [0.2, 0.25) is 0 Å². The molecule has 0 spiro atoms. The van der Waals surface area contributed by atoms with Gasteiger partial charge in [-0.3, -0.25) is 9.78 Å². The number of rotatable bonds is 5. The van der Waals surface area contributed by atoms with Gasteiger partial charge >= 0.3 is 0 Å². The van der Waals surface area contributed by atoms with E-state index >= 15 is 0 Å². The van der Waals surface area contributed by atoms with Crippen molar-refractivity contribution >= 4 is 22.5 Å². The van der Waals surface area contributed by atoms with Gasteiger partial charge in [0.15, 0.2) is 0 Å². The van der Waals surface area contributed by atoms with Gasteiger partial charge < -0.3 is 15.0 Å². The lowest BCUT2D eigenvalue weighted by atomic mass is 10.1. The Morgan fingerprint density at radius 1 is 1.11 bits per heavy atom. The molecule has 0 saturated heterocycles. The van der Waals surface area contributed by atoms with Crippen LogP contribution in [-0.2, 0) is 11.2 Å². The minimum atomic E-state index is -0.0480. The number of hydrogen-bond acceptors (Lipinski definition) is 3. The number of fused-ring (bicyclic) bond motifs is 1. The van der Waals surface area contributed by atoms with E-state index < -0.39 is 0 Å². The van der Waals surface area contributed by atoms with E-state index in [9.17, 15) is 4.79 Å². The van der Waals surface area contributed by atoms with Crippen LogP contribution < -0.4 is 10.1 Å². The van der Waals surface area contributed by atoms with Crippen molar-refractivity contribution in [2.24, 2.45) is 0 Å². The first-order chi connectivity index (χ1) is 13.6. The van der Waals surface area contributed by atoms with E-state index in [1.54, 1.807) is 12.4 Å². The predicted molar refractivity (Wildman–Crippen MR) is 111 cm³/mol. The molecule has 0 bridgehead atoms. The van der Waals surface area contributed by atoms with Gasteiger partial charge in [-0.1, -0.05) is 18.2 Å². The van der Waals surface area contributed by atoms with Gasteiger partial charge in [-0.2, -0.15) is 0 Å². The molecule has 140 valence electrons. The molecular weight excluding hydrogens is 350 g/mol. The molecule has 2 aromatic heterocycles. The standard InChI is InChI=1S/C23H21N3O2/c1-15-12-17(9-10-22(15)28-18-6-5-11-24-14-18)26-23(27)13-20-16(2)25-21-8-4-3-7-19(20)21/h3-12,14,25H,13H2,1-2H3,(H,26,27). The van der Waals surface area contributed by atoms with Gasteiger partial charge in [0.25, 0.3) is 0 Å². The van der Waals surface area contributed by atoms with E-state index in [1.807, 2.05) is 68.4 Å². The highest BCUT2D eigenvalue weighted by atomic mass is 16.5. The fraction of sp³-hybridized carbons (Fsp3) is 0.130. The molecule has 2 heterocycles. The van der Waals surface area contributed by atoms with Crippen molar-refractivity contribution < 1.29 is 9.53 Å². The fourth-order valence-corrected chi connectivity index (χ4v) is 3.30. The maximum Gasteiger partial charge on any atom is 0.228 e. The zero-order chi connectivity index (χ0) is 19.5. The van der Waals surface area contributed by atoms with Gasteiger partial charge in [0.1, 0.15) is 11.5 Å². The van der Waals surface area contributed by atoms with Crippen molar-refractivity contribution in [3.05, 3.63) is 83.8 Å². The molecule has 4 rings (SSSR count). The molecular formula is C23H21N3O2. The van der Waals surface area contributed by atoms with Gasteiger partial charge in [0, 0.05) is 28.5 Å². The van der Waals surface area contributed by atoms with Crippen molar-refractivity contribution in [2.45, 2.75) is 20.3 Å². The number of aromatic amines is 1. The van der Waals surface area contributed by atoms with E-state index in [4.69, 9.17) is 4.74 Å². The Bertz CT molecular complexity index is 1130. The number of hydrogen-bond donors (Lipinski definition) is 2. The van der Waals surface area contributed by atoms with Crippen LogP contribution in [0, 0.1) is 13.8 Å². The second-order valence-corrected chi connectivity index (χ2v) is 6.77. The van der Waals surface area contributed by atoms with E-state index in [0.29, 0.717) is 12.2 Å². The quantitative estimate of drug-likeness (QED) is 0.510. The fourth-order valence-electron chi connectivity index (χ4n) is 3.30. The average molecular weight is 371 g/mol. The number of benzene rings is 2. The summed E-state index contributed by atoms with van der Waals surface area (Å²) in [6, 6.07) is 17.3. The average Bonchev–Trinajstić information content (AvgIpc) is 3.00. The zero-order valence-electron chi connectivity index (χ0n) is 15.8. The Labute approximate surface area is 163 Å². The van der Waals surface area contributed by atoms with E-state index in [2.05, 4.69) is 15.3 Å². The van der Waals surface area contributed by atoms with Crippen LogP contribution in [0.3, 0.4) is 0 Å². The second kappa shape index (κ2) is 7.56. The summed E-state index contributed by atoms with van der Waals surface area (Å²) in [4.78, 5) is 20.0. The normalized spacial score (nSPS) is 10.8. The largest absolute Gasteiger partial charge is 0.455 e. The van der Waals surface area contributed by atoms with Crippen molar-refractivity contribution in [1.29, 1.82) is 0 Å². The van der Waals surface area contributed by atoms with Crippen LogP contribution >= 0.6 is 0 Å². The summed E-state index contributed by atoms with van der Waals surface area (Å²) in [5.74, 6) is 1.36. The van der Waals surface area contributed by atoms with Crippen LogP contribution in [0.1, 0.15) is 16.8 Å². The van der Waals surface area contributed by atoms with Gasteiger partial charge in [-0.05, 0) is 61.4 Å². The second-order valence-electron chi connectivity index (χ2n) is 6.77. The first-order valence-corrected chi connectivity index (χ1v) is 9.15. The smallest absolute Gasteiger partial charge is 0.228 e. The molecule has 0 aliphatic rings. The van der Waals surface area contributed by atoms with Crippen LogP contribution in [0.25, 0.3) is 10.9 Å². The number of anilines is 1. The Kier molecular flexibility index (Phi) is 4.81. The van der Waals surface area contributed by atoms with Crippen LogP contribution in [-0.4, -0.2) is 15.9 Å². The molecule has 0 fully saturated rings. The zero-order valence-corrected chi connectivity index (χ0v) is 15.8. The number of nitrogens with zero attached hydrogens (tertiary/aromatic N) is 1. The number of aryl methyl sites for hydroxylation is 2. The SMILES string of the molecule is Cc1cc(NC(=O)Cc2c(C)[nH]c3ccccc23)ccc1Oc1cccnc1. The van der Waals surface area contributed by atoms with Crippen LogP contribution in [0.5, 0.6) is 11.5 Å². The number of nitrogens with one attached hydrogen (secondary N) is 2. The maximum absolute atomic E-state index is 12.6. The summed E-state index contributed by atoms with van der Waals surface area (Å²) in [5, 5.41) is 4.07. The van der Waals surface area contributed by atoms with Crippen molar-refractivity contribution in [3.63, 3.8) is 0 Å². The molecule has 5 heteroatoms. The van der Waals surface area contributed by atoms with Crippen molar-refractivity contribution in [3.8, 4) is 11.5 Å². The summed E-state index contributed by atoms with van der Waals surface area (Å²) >= 11 is 0. The lowest BCUT2D eigenvalue weighted by Crippen LogP contribution is -2.14. The topological polar surface area (TPSA) is 67.0 Å². The number of pyridine rings is 1. The Morgan fingerprint density at radius 3 is 2.75 bits per heavy atom. The molecule has 4 aromatic rings. The molecule has 1 amide bonds. The Balaban J connectivity index is 1.47. The first-order valence-electron chi connectivity index (χ1n) is 9.15. The molecule has 5 nitrogen and oxygen atoms in total. The number of aromatic nitrogens is 2. The van der Waals surface area contributed by atoms with Crippen molar-refractivity contribution in [2.75, 3.05) is 5.32 Å². The molecule has 0 aliphatic heterocycles. The van der Waals surface area contributed by atoms with Crippen molar-refractivity contribution in [1.82, 2.24) is 9.97 Å². The number of carbonyl (C=O) groups is 1. The molecule has 0 radical (unpaired) electrons. The molecule has 28 heavy (non-hydrogen) atoms. The third-order valence-electron chi connectivity index (χ3n) is 4.69. The number of carbonyl (C=O) groups excluding carboxylic acids is 1. The van der Waals surface area contributed by atoms with Gasteiger partial charge in [-0.15, -0.1) is 0 Å². The minimum Gasteiger partial charge on any atom is -0.455 e. The lowest BCUT2D eigenvalue weighted by Gasteiger charge is -2.11. The number of para-hydroxylation sites is 1. The predicted octanol–water partition coefficient (Wildman–Crippen LogP) is 5.15. The highest BCUT2D eigenvalue weighted by Crippen LogP contribution is 2.27. The Hall–Kier alpha value is -3.60. The molecule has 0 saturated carbocycles. The summed E-state index contributed by atoms with van der Waals surface area (Å²) in [6.45, 7) is 3.95. The molecule has 0 unspecified atom stereocenters. The van der Waals surface area contributed by atoms with Crippen LogP contribution in [0.15, 0.2) is 67.0 Å². The monoisotopic (exact) mass is 371 g/mol. The minimum absolute atomic E-state index is 0.0480. The van der Waals surface area contributed by atoms with Gasteiger partial charge in [0.05, 0.1) is 12.6 Å².